The van der Waals surface area contributed by atoms with Crippen LogP contribution in [0.15, 0.2) is 29.6 Å². The van der Waals surface area contributed by atoms with Crippen LogP contribution in [0.3, 0.4) is 0 Å². The first-order chi connectivity index (χ1) is 10.2. The molecule has 21 heavy (non-hydrogen) atoms. The van der Waals surface area contributed by atoms with E-state index in [1.807, 2.05) is 41.6 Å². The molecule has 2 aromatic rings. The molecule has 0 aliphatic carbocycles. The van der Waals surface area contributed by atoms with Crippen molar-refractivity contribution in [2.45, 2.75) is 12.8 Å². The topological polar surface area (TPSA) is 51.7 Å². The number of hydrogen-bond acceptors (Lipinski definition) is 6. The largest absolute Gasteiger partial charge is 0.495 e. The highest BCUT2D eigenvalue weighted by atomic mass is 32.1. The lowest BCUT2D eigenvalue weighted by atomic mass is 10.2. The molecule has 0 bridgehead atoms. The molecule has 5 nitrogen and oxygen atoms in total. The molecule has 0 aliphatic heterocycles. The van der Waals surface area contributed by atoms with E-state index in [0.717, 1.165) is 22.3 Å². The van der Waals surface area contributed by atoms with Gasteiger partial charge in [-0.05, 0) is 12.1 Å². The van der Waals surface area contributed by atoms with Gasteiger partial charge in [0, 0.05) is 18.8 Å². The summed E-state index contributed by atoms with van der Waals surface area (Å²) in [6.45, 7) is 0. The van der Waals surface area contributed by atoms with Crippen molar-refractivity contribution >= 4 is 28.1 Å². The van der Waals surface area contributed by atoms with E-state index >= 15 is 0 Å². The van der Waals surface area contributed by atoms with Crippen LogP contribution in [-0.4, -0.2) is 32.2 Å². The average molecular weight is 306 g/mol. The van der Waals surface area contributed by atoms with Crippen molar-refractivity contribution in [3.05, 3.63) is 35.3 Å². The summed E-state index contributed by atoms with van der Waals surface area (Å²) in [5.41, 5.74) is 1.84. The summed E-state index contributed by atoms with van der Waals surface area (Å²) in [5.74, 6) is 0.578. The van der Waals surface area contributed by atoms with Gasteiger partial charge < -0.3 is 14.4 Å². The van der Waals surface area contributed by atoms with Crippen LogP contribution >= 0.6 is 11.3 Å². The molecule has 1 aromatic heterocycles. The van der Waals surface area contributed by atoms with Gasteiger partial charge in [-0.2, -0.15) is 0 Å². The highest BCUT2D eigenvalue weighted by molar-refractivity contribution is 7.13. The maximum Gasteiger partial charge on any atom is 0.305 e. The van der Waals surface area contributed by atoms with Gasteiger partial charge in [-0.1, -0.05) is 12.1 Å². The highest BCUT2D eigenvalue weighted by Crippen LogP contribution is 2.33. The zero-order valence-electron chi connectivity index (χ0n) is 12.3. The van der Waals surface area contributed by atoms with Gasteiger partial charge in [0.1, 0.15) is 5.75 Å². The molecular weight excluding hydrogens is 288 g/mol. The quantitative estimate of drug-likeness (QED) is 0.768. The molecule has 6 heteroatoms. The van der Waals surface area contributed by atoms with Crippen LogP contribution in [0.2, 0.25) is 0 Å². The van der Waals surface area contributed by atoms with Crippen LogP contribution in [-0.2, 0) is 16.0 Å². The molecule has 112 valence electrons. The van der Waals surface area contributed by atoms with Gasteiger partial charge in [0.05, 0.1) is 32.0 Å². The Morgan fingerprint density at radius 3 is 2.81 bits per heavy atom. The van der Waals surface area contributed by atoms with Crippen molar-refractivity contribution in [3.63, 3.8) is 0 Å². The van der Waals surface area contributed by atoms with Crippen LogP contribution in [0.5, 0.6) is 5.75 Å². The van der Waals surface area contributed by atoms with E-state index in [9.17, 15) is 4.79 Å². The molecule has 0 spiro atoms. The predicted octanol–water partition coefficient (Wildman–Crippen LogP) is 3.03. The summed E-state index contributed by atoms with van der Waals surface area (Å²) in [5, 5.41) is 2.82. The van der Waals surface area contributed by atoms with Crippen molar-refractivity contribution in [3.8, 4) is 5.75 Å². The SMILES string of the molecule is COC(=O)CCc1csc(N(C)c2ccccc2OC)n1. The van der Waals surface area contributed by atoms with E-state index in [0.29, 0.717) is 12.8 Å². The lowest BCUT2D eigenvalue weighted by Gasteiger charge is -2.18. The summed E-state index contributed by atoms with van der Waals surface area (Å²) in [6.07, 6.45) is 0.932. The number of hydrogen-bond donors (Lipinski definition) is 0. The van der Waals surface area contributed by atoms with Gasteiger partial charge in [0.15, 0.2) is 5.13 Å². The fourth-order valence-electron chi connectivity index (χ4n) is 1.91. The van der Waals surface area contributed by atoms with Gasteiger partial charge in [-0.15, -0.1) is 11.3 Å². The van der Waals surface area contributed by atoms with E-state index in [1.54, 1.807) is 7.11 Å². The molecule has 0 saturated heterocycles. The maximum absolute atomic E-state index is 11.2. The Morgan fingerprint density at radius 1 is 1.33 bits per heavy atom. The van der Waals surface area contributed by atoms with Gasteiger partial charge >= 0.3 is 5.97 Å². The molecule has 0 fully saturated rings. The third-order valence-corrected chi connectivity index (χ3v) is 4.05. The molecule has 0 amide bonds. The molecule has 1 aromatic carbocycles. The van der Waals surface area contributed by atoms with Gasteiger partial charge in [-0.25, -0.2) is 4.98 Å². The number of methoxy groups -OCH3 is 2. The number of nitrogens with zero attached hydrogens (tertiary/aromatic N) is 2. The Labute approximate surface area is 128 Å². The predicted molar refractivity (Wildman–Crippen MR) is 83.5 cm³/mol. The smallest absolute Gasteiger partial charge is 0.305 e. The lowest BCUT2D eigenvalue weighted by molar-refractivity contribution is -0.140. The minimum Gasteiger partial charge on any atom is -0.495 e. The zero-order valence-corrected chi connectivity index (χ0v) is 13.1. The van der Waals surface area contributed by atoms with Gasteiger partial charge in [0.2, 0.25) is 0 Å². The van der Waals surface area contributed by atoms with E-state index in [4.69, 9.17) is 4.74 Å². The third kappa shape index (κ3) is 3.72. The minimum absolute atomic E-state index is 0.220. The number of rotatable bonds is 6. The Hall–Kier alpha value is -2.08. The van der Waals surface area contributed by atoms with Crippen LogP contribution in [0.1, 0.15) is 12.1 Å². The molecule has 0 N–H and O–H groups in total. The third-order valence-electron chi connectivity index (χ3n) is 3.09. The van der Waals surface area contributed by atoms with Crippen LogP contribution < -0.4 is 9.64 Å². The standard InChI is InChI=1S/C15H18N2O3S/c1-17(12-6-4-5-7-13(12)19-2)15-16-11(10-21-15)8-9-14(18)20-3/h4-7,10H,8-9H2,1-3H3. The second kappa shape index (κ2) is 7.08. The molecule has 0 saturated carbocycles. The second-order valence-electron chi connectivity index (χ2n) is 4.43. The molecule has 0 unspecified atom stereocenters. The maximum atomic E-state index is 11.2. The fourth-order valence-corrected chi connectivity index (χ4v) is 2.75. The number of ether oxygens (including phenoxy) is 2. The zero-order chi connectivity index (χ0) is 15.2. The summed E-state index contributed by atoms with van der Waals surface area (Å²) in [7, 11) is 4.99. The van der Waals surface area contributed by atoms with Crippen LogP contribution in [0.25, 0.3) is 0 Å². The monoisotopic (exact) mass is 306 g/mol. The number of esters is 1. The Morgan fingerprint density at radius 2 is 2.10 bits per heavy atom. The van der Waals surface area contributed by atoms with Crippen molar-refractivity contribution in [2.24, 2.45) is 0 Å². The fraction of sp³-hybridized carbons (Fsp3) is 0.333. The first-order valence-electron chi connectivity index (χ1n) is 6.53. The number of aryl methyl sites for hydroxylation is 1. The lowest BCUT2D eigenvalue weighted by Crippen LogP contribution is -2.10. The van der Waals surface area contributed by atoms with Crippen LogP contribution in [0, 0.1) is 0 Å². The highest BCUT2D eigenvalue weighted by Gasteiger charge is 2.13. The molecular formula is C15H18N2O3S. The van der Waals surface area contributed by atoms with Crippen molar-refractivity contribution in [2.75, 3.05) is 26.2 Å². The Bertz CT molecular complexity index is 612. The van der Waals surface area contributed by atoms with Gasteiger partial charge in [0.25, 0.3) is 0 Å². The summed E-state index contributed by atoms with van der Waals surface area (Å²) >= 11 is 1.54. The van der Waals surface area contributed by atoms with E-state index in [1.165, 1.54) is 18.4 Å². The normalized spacial score (nSPS) is 10.2. The average Bonchev–Trinajstić information content (AvgIpc) is 3.00. The number of aromatic nitrogens is 1. The Kier molecular flexibility index (Phi) is 5.16. The Balaban J connectivity index is 2.11. The molecule has 0 atom stereocenters. The number of anilines is 2. The molecule has 0 radical (unpaired) electrons. The number of carbonyl (C=O) groups is 1. The first kappa shape index (κ1) is 15.3. The van der Waals surface area contributed by atoms with Crippen molar-refractivity contribution in [1.82, 2.24) is 4.98 Å². The van der Waals surface area contributed by atoms with Crippen molar-refractivity contribution in [1.29, 1.82) is 0 Å². The van der Waals surface area contributed by atoms with E-state index in [-0.39, 0.29) is 5.97 Å². The molecule has 0 aliphatic rings. The van der Waals surface area contributed by atoms with Crippen molar-refractivity contribution < 1.29 is 14.3 Å². The first-order valence-corrected chi connectivity index (χ1v) is 7.41. The summed E-state index contributed by atoms with van der Waals surface area (Å²) in [4.78, 5) is 17.7. The number of carbonyl (C=O) groups excluding carboxylic acids is 1. The number of benzene rings is 1. The number of thiazole rings is 1. The summed E-state index contributed by atoms with van der Waals surface area (Å²) in [6, 6.07) is 7.78. The number of para-hydroxylation sites is 2. The van der Waals surface area contributed by atoms with Crippen LogP contribution in [0.4, 0.5) is 10.8 Å². The summed E-state index contributed by atoms with van der Waals surface area (Å²) < 4.78 is 10.00. The minimum atomic E-state index is -0.220. The van der Waals surface area contributed by atoms with Gasteiger partial charge in [-0.3, -0.25) is 4.79 Å². The van der Waals surface area contributed by atoms with E-state index in [2.05, 4.69) is 9.72 Å². The molecule has 1 heterocycles. The van der Waals surface area contributed by atoms with E-state index < -0.39 is 0 Å². The molecule has 2 rings (SSSR count). The second-order valence-corrected chi connectivity index (χ2v) is 5.26.